The van der Waals surface area contributed by atoms with Gasteiger partial charge in [0.25, 0.3) is 0 Å². The van der Waals surface area contributed by atoms with Gasteiger partial charge in [0.15, 0.2) is 12.3 Å². The Hall–Kier alpha value is -0.710. The van der Waals surface area contributed by atoms with Crippen LogP contribution in [0.5, 0.6) is 0 Å². The lowest BCUT2D eigenvalue weighted by atomic mass is 9.96. The quantitative estimate of drug-likeness (QED) is 0.287. The molecule has 3 rings (SSSR count). The fourth-order valence-corrected chi connectivity index (χ4v) is 3.98. The van der Waals surface area contributed by atoms with E-state index in [-0.39, 0.29) is 6.04 Å². The van der Waals surface area contributed by atoms with Gasteiger partial charge in [0.1, 0.15) is 18.3 Å². The maximum atomic E-state index is 12.4. The van der Waals surface area contributed by atoms with Crippen molar-refractivity contribution >= 4 is 40.9 Å². The van der Waals surface area contributed by atoms with Crippen LogP contribution in [0.3, 0.4) is 0 Å². The molecule has 1 saturated carbocycles. The molecule has 1 aliphatic carbocycles. The number of alkyl carbamates (subject to hydrolysis) is 1. The van der Waals surface area contributed by atoms with Gasteiger partial charge in [0.2, 0.25) is 10.1 Å². The highest BCUT2D eigenvalue weighted by Gasteiger charge is 2.57. The van der Waals surface area contributed by atoms with Gasteiger partial charge in [-0.1, -0.05) is 59.2 Å². The number of fused-ring (bicyclic) bond motifs is 1. The molecular weight excluding hydrogens is 439 g/mol. The summed E-state index contributed by atoms with van der Waals surface area (Å²) in [5.74, 6) is 0. The Bertz CT molecular complexity index is 611. The van der Waals surface area contributed by atoms with E-state index in [1.165, 1.54) is 0 Å². The van der Waals surface area contributed by atoms with Gasteiger partial charge < -0.3 is 29.4 Å². The number of halogens is 3. The first-order valence-electron chi connectivity index (χ1n) is 8.98. The minimum Gasteiger partial charge on any atom is -0.440 e. The predicted octanol–water partition coefficient (Wildman–Crippen LogP) is 2.92. The minimum absolute atomic E-state index is 0.0275. The van der Waals surface area contributed by atoms with Gasteiger partial charge >= 0.3 is 6.09 Å². The third-order valence-corrected chi connectivity index (χ3v) is 5.49. The summed E-state index contributed by atoms with van der Waals surface area (Å²) in [7, 11) is 0. The maximum Gasteiger partial charge on any atom is 0.407 e. The summed E-state index contributed by atoms with van der Waals surface area (Å²) in [4.78, 5) is 15.1. The number of carbonyl (C=O) groups excluding carboxylic acids is 1. The molecule has 158 valence electrons. The van der Waals surface area contributed by atoms with Crippen LogP contribution in [0.1, 0.15) is 32.1 Å². The van der Waals surface area contributed by atoms with E-state index >= 15 is 0 Å². The number of rotatable bonds is 4. The average molecular weight is 460 g/mol. The van der Waals surface area contributed by atoms with Crippen LogP contribution >= 0.6 is 34.8 Å². The number of hydrogen-bond acceptors (Lipinski definition) is 7. The molecular formula is C15H21Cl3N4O6. The highest BCUT2D eigenvalue weighted by Crippen LogP contribution is 2.43. The molecule has 6 atom stereocenters. The zero-order valence-corrected chi connectivity index (χ0v) is 17.0. The van der Waals surface area contributed by atoms with Crippen LogP contribution in [-0.2, 0) is 18.9 Å². The van der Waals surface area contributed by atoms with E-state index in [9.17, 15) is 9.90 Å². The summed E-state index contributed by atoms with van der Waals surface area (Å²) in [6, 6.07) is 0.0275. The molecule has 28 heavy (non-hydrogen) atoms. The van der Waals surface area contributed by atoms with E-state index in [1.54, 1.807) is 0 Å². The lowest BCUT2D eigenvalue weighted by molar-refractivity contribution is -0.194. The van der Waals surface area contributed by atoms with E-state index in [0.29, 0.717) is 0 Å². The van der Waals surface area contributed by atoms with E-state index < -0.39 is 53.4 Å². The highest BCUT2D eigenvalue weighted by molar-refractivity contribution is 6.67. The number of hydrogen-bond donors (Lipinski definition) is 2. The van der Waals surface area contributed by atoms with Gasteiger partial charge in [0, 0.05) is 11.0 Å². The summed E-state index contributed by atoms with van der Waals surface area (Å²) in [6.45, 7) is -0.510. The molecule has 0 aromatic heterocycles. The van der Waals surface area contributed by atoms with Crippen molar-refractivity contribution in [1.82, 2.24) is 5.32 Å². The van der Waals surface area contributed by atoms with Crippen molar-refractivity contribution < 1.29 is 28.8 Å². The van der Waals surface area contributed by atoms with Gasteiger partial charge in [-0.25, -0.2) is 4.79 Å². The van der Waals surface area contributed by atoms with E-state index in [4.69, 9.17) is 59.3 Å². The van der Waals surface area contributed by atoms with E-state index in [0.717, 1.165) is 32.1 Å². The number of amides is 1. The second kappa shape index (κ2) is 9.40. The van der Waals surface area contributed by atoms with Crippen LogP contribution in [0.25, 0.3) is 10.4 Å². The first-order chi connectivity index (χ1) is 13.3. The van der Waals surface area contributed by atoms with Gasteiger partial charge in [-0.3, -0.25) is 0 Å². The Balaban J connectivity index is 1.74. The van der Waals surface area contributed by atoms with Crippen molar-refractivity contribution in [3.05, 3.63) is 10.4 Å². The summed E-state index contributed by atoms with van der Waals surface area (Å²) in [6.07, 6.45) is -2.14. The van der Waals surface area contributed by atoms with Crippen molar-refractivity contribution in [2.45, 2.75) is 78.9 Å². The predicted molar refractivity (Wildman–Crippen MR) is 99.0 cm³/mol. The van der Waals surface area contributed by atoms with Crippen molar-refractivity contribution in [1.29, 1.82) is 0 Å². The largest absolute Gasteiger partial charge is 0.440 e. The Morgan fingerprint density at radius 1 is 1.21 bits per heavy atom. The maximum absolute atomic E-state index is 12.4. The zero-order valence-electron chi connectivity index (χ0n) is 14.7. The molecule has 0 aromatic carbocycles. The van der Waals surface area contributed by atoms with Gasteiger partial charge in [-0.2, -0.15) is 0 Å². The fourth-order valence-electron chi connectivity index (χ4n) is 3.67. The molecule has 2 aliphatic heterocycles. The Kier molecular flexibility index (Phi) is 7.38. The normalized spacial score (nSPS) is 36.3. The highest BCUT2D eigenvalue weighted by atomic mass is 35.6. The Morgan fingerprint density at radius 3 is 2.50 bits per heavy atom. The number of azide groups is 1. The summed E-state index contributed by atoms with van der Waals surface area (Å²) < 4.78 is 20.3. The molecule has 3 fully saturated rings. The molecule has 0 radical (unpaired) electrons. The molecule has 2 heterocycles. The van der Waals surface area contributed by atoms with Crippen molar-refractivity contribution in [2.75, 3.05) is 6.61 Å². The van der Waals surface area contributed by atoms with Gasteiger partial charge in [-0.05, 0) is 18.4 Å². The fraction of sp³-hybridized carbons (Fsp3) is 0.933. The van der Waals surface area contributed by atoms with Gasteiger partial charge in [0.05, 0.1) is 6.61 Å². The summed E-state index contributed by atoms with van der Waals surface area (Å²) in [5, 5.41) is 16.0. The third-order valence-electron chi connectivity index (χ3n) is 4.95. The molecule has 1 unspecified atom stereocenters. The molecule has 2 N–H and O–H groups in total. The summed E-state index contributed by atoms with van der Waals surface area (Å²) >= 11 is 17.5. The van der Waals surface area contributed by atoms with Crippen LogP contribution in [0, 0.1) is 0 Å². The van der Waals surface area contributed by atoms with Crippen LogP contribution in [0.15, 0.2) is 5.11 Å². The van der Waals surface area contributed by atoms with Crippen LogP contribution in [-0.4, -0.2) is 64.6 Å². The lowest BCUT2D eigenvalue weighted by Crippen LogP contribution is -2.59. The molecule has 2 saturated heterocycles. The molecule has 3 aliphatic rings. The average Bonchev–Trinajstić information content (AvgIpc) is 3.10. The Labute approximate surface area is 176 Å². The van der Waals surface area contributed by atoms with Crippen molar-refractivity contribution in [3.8, 4) is 0 Å². The van der Waals surface area contributed by atoms with E-state index in [2.05, 4.69) is 15.3 Å². The second-order valence-electron chi connectivity index (χ2n) is 6.88. The number of aliphatic hydroxyl groups excluding tert-OH is 1. The molecule has 13 heteroatoms. The molecule has 0 bridgehead atoms. The van der Waals surface area contributed by atoms with E-state index in [1.807, 2.05) is 0 Å². The van der Waals surface area contributed by atoms with Crippen molar-refractivity contribution in [3.63, 3.8) is 0 Å². The Morgan fingerprint density at radius 2 is 1.89 bits per heavy atom. The number of alkyl halides is 3. The van der Waals surface area contributed by atoms with Crippen molar-refractivity contribution in [2.24, 2.45) is 5.11 Å². The van der Waals surface area contributed by atoms with Crippen LogP contribution in [0.2, 0.25) is 0 Å². The van der Waals surface area contributed by atoms with Gasteiger partial charge in [-0.15, -0.1) is 0 Å². The lowest BCUT2D eigenvalue weighted by Gasteiger charge is -2.39. The topological polar surface area (TPSA) is 135 Å². The molecule has 0 aromatic rings. The summed E-state index contributed by atoms with van der Waals surface area (Å²) in [5.41, 5.74) is 8.76. The first-order valence-corrected chi connectivity index (χ1v) is 10.1. The number of ether oxygens (including phenoxy) is 4. The number of nitrogens with zero attached hydrogens (tertiary/aromatic N) is 3. The third kappa shape index (κ3) is 5.06. The van der Waals surface area contributed by atoms with Crippen LogP contribution < -0.4 is 5.32 Å². The monoisotopic (exact) mass is 458 g/mol. The standard InChI is InChI=1S/C15H21Cl3N4O6/c16-15(17,18)13-26-10-9(28-14(24)20-7-4-2-1-3-5-7)8(6-23)25-12(21-22-19)11(10)27-13/h7-13,23H,1-6H2,(H,20,24)/t8-,9+,10-,11-,12-,13?/m1/s1. The SMILES string of the molecule is [N-]=[N+]=N[C@@H]1O[C@H](CO)[C@H](OC(=O)NC2CCCCC2)[C@H]2OC(C(Cl)(Cl)Cl)O[C@H]21. The number of nitrogens with one attached hydrogen (secondary N) is 1. The first kappa shape index (κ1) is 22.0. The molecule has 1 amide bonds. The van der Waals surface area contributed by atoms with Crippen LogP contribution in [0.4, 0.5) is 4.79 Å². The minimum atomic E-state index is -1.93. The second-order valence-corrected chi connectivity index (χ2v) is 9.25. The smallest absolute Gasteiger partial charge is 0.407 e. The number of carbonyl (C=O) groups is 1. The molecule has 10 nitrogen and oxygen atoms in total. The molecule has 0 spiro atoms. The number of aliphatic hydroxyl groups is 1. The zero-order chi connectivity index (χ0) is 20.3.